The molecule has 1 saturated carbocycles. The molecule has 2 fully saturated rings. The van der Waals surface area contributed by atoms with E-state index in [4.69, 9.17) is 10.5 Å². The van der Waals surface area contributed by atoms with Crippen molar-refractivity contribution in [3.05, 3.63) is 0 Å². The highest BCUT2D eigenvalue weighted by molar-refractivity contribution is 7.92. The highest BCUT2D eigenvalue weighted by Gasteiger charge is 2.43. The molecular weight excluding hydrogens is 262 g/mol. The fraction of sp³-hybridized carbons (Fsp3) is 1.00. The summed E-state index contributed by atoms with van der Waals surface area (Å²) in [5.41, 5.74) is 5.36. The van der Waals surface area contributed by atoms with Gasteiger partial charge in [-0.05, 0) is 45.6 Å². The fourth-order valence-corrected chi connectivity index (χ4v) is 5.62. The second kappa shape index (κ2) is 6.10. The Kier molecular flexibility index (Phi) is 4.90. The summed E-state index contributed by atoms with van der Waals surface area (Å²) in [6.07, 6.45) is 7.58. The molecule has 1 aliphatic carbocycles. The van der Waals surface area contributed by atoms with Gasteiger partial charge in [0.15, 0.2) is 9.84 Å². The molecule has 0 aromatic carbocycles. The SMILES string of the molecule is CC(CCN)S(=O)(=O)C1CCOC2(CCCCC2)C1. The minimum atomic E-state index is -3.06. The molecule has 2 unspecified atom stereocenters. The molecule has 1 aliphatic heterocycles. The van der Waals surface area contributed by atoms with Gasteiger partial charge in [0.2, 0.25) is 0 Å². The summed E-state index contributed by atoms with van der Waals surface area (Å²) in [6.45, 7) is 2.83. The molecule has 1 heterocycles. The van der Waals surface area contributed by atoms with Crippen molar-refractivity contribution >= 4 is 9.84 Å². The number of hydrogen-bond acceptors (Lipinski definition) is 4. The van der Waals surface area contributed by atoms with Crippen LogP contribution in [0, 0.1) is 0 Å². The summed E-state index contributed by atoms with van der Waals surface area (Å²) in [7, 11) is -3.06. The zero-order valence-corrected chi connectivity index (χ0v) is 12.8. The van der Waals surface area contributed by atoms with Crippen LogP contribution in [0.3, 0.4) is 0 Å². The smallest absolute Gasteiger partial charge is 0.155 e. The van der Waals surface area contributed by atoms with Gasteiger partial charge >= 0.3 is 0 Å². The van der Waals surface area contributed by atoms with Crippen LogP contribution in [0.1, 0.15) is 58.3 Å². The van der Waals surface area contributed by atoms with Gasteiger partial charge in [0, 0.05) is 6.61 Å². The maximum Gasteiger partial charge on any atom is 0.155 e. The van der Waals surface area contributed by atoms with E-state index in [2.05, 4.69) is 0 Å². The Hall–Kier alpha value is -0.130. The standard InChI is InChI=1S/C14H27NO3S/c1-12(5-9-15)19(16,17)13-6-10-18-14(11-13)7-3-2-4-8-14/h12-13H,2-11,15H2,1H3. The first-order valence-electron chi connectivity index (χ1n) is 7.57. The molecule has 0 amide bonds. The van der Waals surface area contributed by atoms with Gasteiger partial charge < -0.3 is 10.5 Å². The van der Waals surface area contributed by atoms with Crippen LogP contribution < -0.4 is 5.73 Å². The Balaban J connectivity index is 2.08. The van der Waals surface area contributed by atoms with E-state index in [1.54, 1.807) is 6.92 Å². The maximum atomic E-state index is 12.6. The zero-order chi connectivity index (χ0) is 13.9. The van der Waals surface area contributed by atoms with Gasteiger partial charge in [-0.1, -0.05) is 19.3 Å². The summed E-state index contributed by atoms with van der Waals surface area (Å²) in [4.78, 5) is 0. The van der Waals surface area contributed by atoms with Crippen LogP contribution in [-0.4, -0.2) is 37.7 Å². The minimum absolute atomic E-state index is 0.142. The molecular formula is C14H27NO3S. The molecule has 2 N–H and O–H groups in total. The van der Waals surface area contributed by atoms with Gasteiger partial charge in [0.25, 0.3) is 0 Å². The van der Waals surface area contributed by atoms with Gasteiger partial charge in [-0.2, -0.15) is 0 Å². The Morgan fingerprint density at radius 2 is 2.00 bits per heavy atom. The molecule has 19 heavy (non-hydrogen) atoms. The Morgan fingerprint density at radius 3 is 2.63 bits per heavy atom. The maximum absolute atomic E-state index is 12.6. The summed E-state index contributed by atoms with van der Waals surface area (Å²) in [5.74, 6) is 0. The number of nitrogens with two attached hydrogens (primary N) is 1. The normalized spacial score (nSPS) is 29.3. The fourth-order valence-electron chi connectivity index (χ4n) is 3.54. The molecule has 5 heteroatoms. The van der Waals surface area contributed by atoms with Crippen LogP contribution in [0.4, 0.5) is 0 Å². The summed E-state index contributed by atoms with van der Waals surface area (Å²) in [5, 5.41) is -0.540. The van der Waals surface area contributed by atoms with E-state index in [1.165, 1.54) is 19.3 Å². The van der Waals surface area contributed by atoms with E-state index in [9.17, 15) is 8.42 Å². The lowest BCUT2D eigenvalue weighted by molar-refractivity contribution is -0.0979. The first kappa shape index (κ1) is 15.3. The highest BCUT2D eigenvalue weighted by Crippen LogP contribution is 2.41. The van der Waals surface area contributed by atoms with E-state index in [1.807, 2.05) is 0 Å². The molecule has 4 nitrogen and oxygen atoms in total. The zero-order valence-electron chi connectivity index (χ0n) is 11.9. The van der Waals surface area contributed by atoms with Crippen molar-refractivity contribution in [1.29, 1.82) is 0 Å². The van der Waals surface area contributed by atoms with Gasteiger partial charge in [-0.15, -0.1) is 0 Å². The van der Waals surface area contributed by atoms with Crippen LogP contribution in [0.25, 0.3) is 0 Å². The molecule has 1 spiro atoms. The molecule has 2 atom stereocenters. The second-order valence-corrected chi connectivity index (χ2v) is 8.83. The number of ether oxygens (including phenoxy) is 1. The molecule has 0 aromatic rings. The van der Waals surface area contributed by atoms with E-state index >= 15 is 0 Å². The van der Waals surface area contributed by atoms with Crippen molar-refractivity contribution < 1.29 is 13.2 Å². The minimum Gasteiger partial charge on any atom is -0.375 e. The van der Waals surface area contributed by atoms with Crippen molar-refractivity contribution in [3.8, 4) is 0 Å². The lowest BCUT2D eigenvalue weighted by Gasteiger charge is -2.43. The molecule has 0 aromatic heterocycles. The third kappa shape index (κ3) is 3.31. The summed E-state index contributed by atoms with van der Waals surface area (Å²) >= 11 is 0. The van der Waals surface area contributed by atoms with Crippen molar-refractivity contribution in [2.45, 2.75) is 74.4 Å². The molecule has 112 valence electrons. The third-order valence-corrected chi connectivity index (χ3v) is 7.50. The number of rotatable bonds is 4. The first-order chi connectivity index (χ1) is 9.00. The molecule has 1 saturated heterocycles. The lowest BCUT2D eigenvalue weighted by Crippen LogP contribution is -2.47. The van der Waals surface area contributed by atoms with Crippen LogP contribution in [0.2, 0.25) is 0 Å². The van der Waals surface area contributed by atoms with Gasteiger partial charge in [-0.3, -0.25) is 0 Å². The van der Waals surface area contributed by atoms with E-state index in [0.29, 0.717) is 32.4 Å². The van der Waals surface area contributed by atoms with Crippen LogP contribution in [0.5, 0.6) is 0 Å². The van der Waals surface area contributed by atoms with Gasteiger partial charge in [0.1, 0.15) is 0 Å². The quantitative estimate of drug-likeness (QED) is 0.859. The Labute approximate surface area is 117 Å². The molecule has 2 rings (SSSR count). The summed E-state index contributed by atoms with van der Waals surface area (Å²) < 4.78 is 31.2. The Morgan fingerprint density at radius 1 is 1.32 bits per heavy atom. The predicted octanol–water partition coefficient (Wildman–Crippen LogP) is 2.02. The van der Waals surface area contributed by atoms with Crippen LogP contribution >= 0.6 is 0 Å². The molecule has 0 radical (unpaired) electrons. The van der Waals surface area contributed by atoms with E-state index in [-0.39, 0.29) is 16.1 Å². The van der Waals surface area contributed by atoms with Crippen molar-refractivity contribution in [2.75, 3.05) is 13.2 Å². The average molecular weight is 289 g/mol. The predicted molar refractivity (Wildman–Crippen MR) is 76.8 cm³/mol. The van der Waals surface area contributed by atoms with Crippen LogP contribution in [-0.2, 0) is 14.6 Å². The molecule has 2 aliphatic rings. The van der Waals surface area contributed by atoms with E-state index in [0.717, 1.165) is 12.8 Å². The van der Waals surface area contributed by atoms with Crippen LogP contribution in [0.15, 0.2) is 0 Å². The summed E-state index contributed by atoms with van der Waals surface area (Å²) in [6, 6.07) is 0. The van der Waals surface area contributed by atoms with Crippen molar-refractivity contribution in [3.63, 3.8) is 0 Å². The number of hydrogen-bond donors (Lipinski definition) is 1. The van der Waals surface area contributed by atoms with Gasteiger partial charge in [-0.25, -0.2) is 8.42 Å². The van der Waals surface area contributed by atoms with Crippen molar-refractivity contribution in [1.82, 2.24) is 0 Å². The number of sulfone groups is 1. The average Bonchev–Trinajstić information content (AvgIpc) is 2.40. The first-order valence-corrected chi connectivity index (χ1v) is 9.18. The third-order valence-electron chi connectivity index (χ3n) is 4.81. The lowest BCUT2D eigenvalue weighted by atomic mass is 9.80. The topological polar surface area (TPSA) is 69.4 Å². The van der Waals surface area contributed by atoms with Gasteiger partial charge in [0.05, 0.1) is 16.1 Å². The highest BCUT2D eigenvalue weighted by atomic mass is 32.2. The molecule has 0 bridgehead atoms. The van der Waals surface area contributed by atoms with E-state index < -0.39 is 9.84 Å². The van der Waals surface area contributed by atoms with Crippen molar-refractivity contribution in [2.24, 2.45) is 5.73 Å². The second-order valence-electron chi connectivity index (χ2n) is 6.18. The largest absolute Gasteiger partial charge is 0.375 e. The monoisotopic (exact) mass is 289 g/mol. The Bertz CT molecular complexity index is 382.